The predicted molar refractivity (Wildman–Crippen MR) is 128 cm³/mol. The van der Waals surface area contributed by atoms with Crippen LogP contribution in [0.5, 0.6) is 0 Å². The quantitative estimate of drug-likeness (QED) is 0.591. The van der Waals surface area contributed by atoms with E-state index in [1.54, 1.807) is 16.8 Å². The summed E-state index contributed by atoms with van der Waals surface area (Å²) in [7, 11) is -1.06. The number of nitrogens with zero attached hydrogens (tertiary/aromatic N) is 2. The van der Waals surface area contributed by atoms with Gasteiger partial charge in [-0.25, -0.2) is 0 Å². The number of aryl methyl sites for hydroxylation is 1. The molecule has 2 N–H and O–H groups in total. The summed E-state index contributed by atoms with van der Waals surface area (Å²) in [6.07, 6.45) is 1.20. The number of aliphatic hydroxyl groups excluding tert-OH is 1. The molecule has 0 saturated carbocycles. The fourth-order valence-electron chi connectivity index (χ4n) is 6.25. The van der Waals surface area contributed by atoms with E-state index in [1.807, 2.05) is 39.1 Å². The molecule has 32 heavy (non-hydrogen) atoms. The van der Waals surface area contributed by atoms with Crippen LogP contribution >= 0.6 is 15.9 Å². The summed E-state index contributed by atoms with van der Waals surface area (Å²) >= 11 is 3.61. The standard InChI is InChI=1S/C23H33BrN2O5Si/c1-13-9-16-20(17(24)10-13)25(3)22(29)23(16)14(2)21(32(4,5)30)18(31-23)11-19(28)26-8-6-7-15(26)12-27/h9-10,14-15,18,21,27,30H,6-8,11-12H2,1-5H3/t14-,15+,18+,21-,23+/m1/s1. The average molecular weight is 526 g/mol. The van der Waals surface area contributed by atoms with Crippen molar-refractivity contribution in [1.82, 2.24) is 4.90 Å². The van der Waals surface area contributed by atoms with Crippen LogP contribution in [0.4, 0.5) is 5.69 Å². The van der Waals surface area contributed by atoms with Crippen molar-refractivity contribution in [3.63, 3.8) is 0 Å². The highest BCUT2D eigenvalue weighted by atomic mass is 79.9. The third-order valence-electron chi connectivity index (χ3n) is 7.58. The number of aliphatic hydroxyl groups is 1. The molecule has 9 heteroatoms. The van der Waals surface area contributed by atoms with Crippen LogP contribution < -0.4 is 4.90 Å². The van der Waals surface area contributed by atoms with Gasteiger partial charge >= 0.3 is 0 Å². The van der Waals surface area contributed by atoms with Crippen LogP contribution in [0.25, 0.3) is 0 Å². The molecule has 2 amide bonds. The van der Waals surface area contributed by atoms with Gasteiger partial charge < -0.3 is 24.4 Å². The van der Waals surface area contributed by atoms with Crippen molar-refractivity contribution in [2.24, 2.45) is 5.92 Å². The monoisotopic (exact) mass is 524 g/mol. The van der Waals surface area contributed by atoms with Gasteiger partial charge in [-0.3, -0.25) is 9.59 Å². The molecule has 1 spiro atoms. The molecule has 4 rings (SSSR count). The average Bonchev–Trinajstić information content (AvgIpc) is 3.33. The van der Waals surface area contributed by atoms with Crippen LogP contribution in [0.3, 0.4) is 0 Å². The lowest BCUT2D eigenvalue weighted by Crippen LogP contribution is -2.45. The summed E-state index contributed by atoms with van der Waals surface area (Å²) in [4.78, 5) is 41.5. The molecular formula is C23H33BrN2O5Si. The zero-order valence-corrected chi connectivity index (χ0v) is 22.0. The number of ether oxygens (including phenoxy) is 1. The normalized spacial score (nSPS) is 32.3. The lowest BCUT2D eigenvalue weighted by molar-refractivity contribution is -0.149. The minimum atomic E-state index is -2.80. The fourth-order valence-corrected chi connectivity index (χ4v) is 9.65. The summed E-state index contributed by atoms with van der Waals surface area (Å²) < 4.78 is 7.46. The van der Waals surface area contributed by atoms with Crippen molar-refractivity contribution in [1.29, 1.82) is 0 Å². The number of anilines is 1. The number of fused-ring (bicyclic) bond motifs is 2. The molecule has 7 nitrogen and oxygen atoms in total. The van der Waals surface area contributed by atoms with Gasteiger partial charge in [-0.2, -0.15) is 0 Å². The minimum absolute atomic E-state index is 0.0504. The Morgan fingerprint density at radius 2 is 2.06 bits per heavy atom. The number of likely N-dealkylation sites (tertiary alicyclic amines) is 1. The van der Waals surface area contributed by atoms with Gasteiger partial charge in [-0.05, 0) is 60.4 Å². The van der Waals surface area contributed by atoms with Crippen LogP contribution in [0, 0.1) is 12.8 Å². The number of hydrogen-bond acceptors (Lipinski definition) is 5. The number of halogens is 1. The largest absolute Gasteiger partial charge is 0.432 e. The van der Waals surface area contributed by atoms with Crippen LogP contribution in [0.15, 0.2) is 16.6 Å². The molecule has 1 aromatic carbocycles. The number of hydrogen-bond donors (Lipinski definition) is 2. The van der Waals surface area contributed by atoms with Gasteiger partial charge in [0.25, 0.3) is 5.91 Å². The van der Waals surface area contributed by atoms with Crippen molar-refractivity contribution >= 4 is 41.7 Å². The maximum atomic E-state index is 13.7. The molecule has 3 heterocycles. The van der Waals surface area contributed by atoms with Crippen molar-refractivity contribution in [3.8, 4) is 0 Å². The zero-order chi connectivity index (χ0) is 23.6. The Morgan fingerprint density at radius 3 is 2.69 bits per heavy atom. The number of amides is 2. The number of likely N-dealkylation sites (N-methyl/N-ethyl adjacent to an activating group) is 1. The summed E-state index contributed by atoms with van der Waals surface area (Å²) in [5, 5.41) is 9.65. The van der Waals surface area contributed by atoms with Crippen LogP contribution in [0.1, 0.15) is 37.3 Å². The Bertz CT molecular complexity index is 951. The van der Waals surface area contributed by atoms with E-state index in [-0.39, 0.29) is 42.3 Å². The topological polar surface area (TPSA) is 90.3 Å². The van der Waals surface area contributed by atoms with E-state index < -0.39 is 20.0 Å². The van der Waals surface area contributed by atoms with E-state index in [4.69, 9.17) is 4.74 Å². The lowest BCUT2D eigenvalue weighted by atomic mass is 9.82. The molecule has 3 aliphatic rings. The lowest BCUT2D eigenvalue weighted by Gasteiger charge is -2.32. The number of rotatable bonds is 4. The van der Waals surface area contributed by atoms with Gasteiger partial charge in [0, 0.05) is 35.1 Å². The molecule has 2 saturated heterocycles. The molecule has 5 atom stereocenters. The molecule has 2 fully saturated rings. The van der Waals surface area contributed by atoms with Crippen molar-refractivity contribution in [3.05, 3.63) is 27.7 Å². The molecule has 176 valence electrons. The summed E-state index contributed by atoms with van der Waals surface area (Å²) in [6.45, 7) is 8.24. The second-order valence-electron chi connectivity index (χ2n) is 10.1. The van der Waals surface area contributed by atoms with Crippen molar-refractivity contribution in [2.45, 2.75) is 69.5 Å². The highest BCUT2D eigenvalue weighted by Crippen LogP contribution is 2.60. The van der Waals surface area contributed by atoms with E-state index in [1.165, 1.54) is 0 Å². The Kier molecular flexibility index (Phi) is 6.12. The first-order chi connectivity index (χ1) is 14.9. The van der Waals surface area contributed by atoms with E-state index in [0.717, 1.165) is 34.1 Å². The SMILES string of the molecule is Cc1cc(Br)c2c(c1)[C@]1(O[C@@H](CC(=O)N3CCC[C@H]3CO)[C@H]([Si](C)(C)O)[C@H]1C)C(=O)N2C. The summed E-state index contributed by atoms with van der Waals surface area (Å²) in [6, 6.07) is 3.81. The Labute approximate surface area is 199 Å². The van der Waals surface area contributed by atoms with E-state index in [2.05, 4.69) is 15.9 Å². The third-order valence-corrected chi connectivity index (χ3v) is 10.7. The maximum absolute atomic E-state index is 13.7. The van der Waals surface area contributed by atoms with Gasteiger partial charge in [0.15, 0.2) is 13.9 Å². The molecule has 0 aromatic heterocycles. The fraction of sp³-hybridized carbons (Fsp3) is 0.652. The maximum Gasteiger partial charge on any atom is 0.264 e. The zero-order valence-electron chi connectivity index (χ0n) is 19.4. The first-order valence-electron chi connectivity index (χ1n) is 11.3. The highest BCUT2D eigenvalue weighted by Gasteiger charge is 2.66. The van der Waals surface area contributed by atoms with Gasteiger partial charge in [-0.15, -0.1) is 0 Å². The molecule has 0 bridgehead atoms. The van der Waals surface area contributed by atoms with Crippen molar-refractivity contribution in [2.75, 3.05) is 25.1 Å². The number of carbonyl (C=O) groups excluding carboxylic acids is 2. The van der Waals surface area contributed by atoms with E-state index >= 15 is 0 Å². The molecule has 0 aliphatic carbocycles. The summed E-state index contributed by atoms with van der Waals surface area (Å²) in [5.74, 6) is -0.522. The number of benzene rings is 1. The highest BCUT2D eigenvalue weighted by molar-refractivity contribution is 9.10. The van der Waals surface area contributed by atoms with E-state index in [9.17, 15) is 19.5 Å². The predicted octanol–water partition coefficient (Wildman–Crippen LogP) is 2.91. The smallest absolute Gasteiger partial charge is 0.264 e. The third kappa shape index (κ3) is 3.48. The Balaban J connectivity index is 1.75. The number of carbonyl (C=O) groups is 2. The molecule has 3 aliphatic heterocycles. The van der Waals surface area contributed by atoms with Crippen molar-refractivity contribution < 1.29 is 24.2 Å². The minimum Gasteiger partial charge on any atom is -0.432 e. The first kappa shape index (κ1) is 23.9. The second kappa shape index (κ2) is 8.20. The molecule has 0 unspecified atom stereocenters. The molecule has 0 radical (unpaired) electrons. The van der Waals surface area contributed by atoms with Crippen LogP contribution in [0.2, 0.25) is 18.6 Å². The second-order valence-corrected chi connectivity index (χ2v) is 15.0. The molecular weight excluding hydrogens is 492 g/mol. The first-order valence-corrected chi connectivity index (χ1v) is 15.1. The van der Waals surface area contributed by atoms with Crippen LogP contribution in [-0.4, -0.2) is 67.3 Å². The van der Waals surface area contributed by atoms with Crippen LogP contribution in [-0.2, 0) is 19.9 Å². The Morgan fingerprint density at radius 1 is 1.38 bits per heavy atom. The van der Waals surface area contributed by atoms with Gasteiger partial charge in [0.1, 0.15) is 0 Å². The molecule has 1 aromatic rings. The van der Waals surface area contributed by atoms with E-state index in [0.29, 0.717) is 6.54 Å². The van der Waals surface area contributed by atoms with Gasteiger partial charge in [0.05, 0.1) is 30.9 Å². The van der Waals surface area contributed by atoms with Gasteiger partial charge in [-0.1, -0.05) is 13.0 Å². The Hall–Kier alpha value is -1.26. The van der Waals surface area contributed by atoms with Gasteiger partial charge in [0.2, 0.25) is 5.91 Å². The summed E-state index contributed by atoms with van der Waals surface area (Å²) in [5.41, 5.74) is 1.09.